The SMILES string of the molecule is N#CCCNS(=O)(=O)c1cccc(C(=O)Nc2nc3ccccc3[nH]2)c1. The number of carbonyl (C=O) groups excluding carboxylic acids is 1. The van der Waals surface area contributed by atoms with Gasteiger partial charge in [-0.05, 0) is 30.3 Å². The Morgan fingerprint density at radius 3 is 2.77 bits per heavy atom. The summed E-state index contributed by atoms with van der Waals surface area (Å²) in [5.74, 6) is -0.213. The van der Waals surface area contributed by atoms with E-state index in [0.29, 0.717) is 5.52 Å². The van der Waals surface area contributed by atoms with E-state index in [0.717, 1.165) is 5.52 Å². The zero-order valence-corrected chi connectivity index (χ0v) is 14.4. The third kappa shape index (κ3) is 3.88. The Kier molecular flexibility index (Phi) is 4.97. The number of H-pyrrole nitrogens is 1. The molecule has 0 bridgehead atoms. The molecule has 3 aromatic rings. The molecule has 26 heavy (non-hydrogen) atoms. The minimum absolute atomic E-state index is 0.00818. The van der Waals surface area contributed by atoms with Crippen molar-refractivity contribution < 1.29 is 13.2 Å². The van der Waals surface area contributed by atoms with Crippen molar-refractivity contribution in [3.05, 3.63) is 54.1 Å². The Balaban J connectivity index is 1.78. The standard InChI is InChI=1S/C17H15N5O3S/c18-9-4-10-19-26(24,25)13-6-3-5-12(11-13)16(23)22-17-20-14-7-1-2-8-15(14)21-17/h1-3,5-8,11,19H,4,10H2,(H2,20,21,22,23). The molecule has 0 unspecified atom stereocenters. The Labute approximate surface area is 149 Å². The summed E-state index contributed by atoms with van der Waals surface area (Å²) in [6, 6.07) is 14.8. The molecule has 0 saturated heterocycles. The number of nitriles is 1. The molecule has 0 saturated carbocycles. The van der Waals surface area contributed by atoms with Crippen molar-refractivity contribution in [3.63, 3.8) is 0 Å². The summed E-state index contributed by atoms with van der Waals surface area (Å²) in [6.07, 6.45) is 0.0610. The number of nitrogens with zero attached hydrogens (tertiary/aromatic N) is 2. The molecule has 0 radical (unpaired) electrons. The quantitative estimate of drug-likeness (QED) is 0.573. The van der Waals surface area contributed by atoms with Crippen LogP contribution in [-0.2, 0) is 10.0 Å². The first-order valence-electron chi connectivity index (χ1n) is 7.72. The lowest BCUT2D eigenvalue weighted by Crippen LogP contribution is -2.25. The normalized spacial score (nSPS) is 11.2. The van der Waals surface area contributed by atoms with Gasteiger partial charge in [0.25, 0.3) is 5.91 Å². The summed E-state index contributed by atoms with van der Waals surface area (Å²) in [6.45, 7) is 0.00818. The van der Waals surface area contributed by atoms with E-state index in [4.69, 9.17) is 5.26 Å². The fourth-order valence-corrected chi connectivity index (χ4v) is 3.40. The van der Waals surface area contributed by atoms with Gasteiger partial charge in [0, 0.05) is 18.5 Å². The Bertz CT molecular complexity index is 1070. The highest BCUT2D eigenvalue weighted by Crippen LogP contribution is 2.16. The predicted octanol–water partition coefficient (Wildman–Crippen LogP) is 2.01. The number of fused-ring (bicyclic) bond motifs is 1. The molecule has 0 atom stereocenters. The number of anilines is 1. The number of benzene rings is 2. The number of aromatic nitrogens is 2. The summed E-state index contributed by atoms with van der Waals surface area (Å²) in [4.78, 5) is 19.6. The molecule has 1 heterocycles. The predicted molar refractivity (Wildman–Crippen MR) is 95.9 cm³/mol. The van der Waals surface area contributed by atoms with Crippen LogP contribution in [0.1, 0.15) is 16.8 Å². The number of hydrogen-bond acceptors (Lipinski definition) is 5. The van der Waals surface area contributed by atoms with Gasteiger partial charge < -0.3 is 4.98 Å². The molecule has 0 aliphatic rings. The van der Waals surface area contributed by atoms with Crippen molar-refractivity contribution >= 4 is 32.9 Å². The molecular weight excluding hydrogens is 354 g/mol. The highest BCUT2D eigenvalue weighted by molar-refractivity contribution is 7.89. The molecule has 9 heteroatoms. The van der Waals surface area contributed by atoms with E-state index in [1.807, 2.05) is 30.3 Å². The number of sulfonamides is 1. The fourth-order valence-electron chi connectivity index (χ4n) is 2.32. The highest BCUT2D eigenvalue weighted by Gasteiger charge is 2.16. The summed E-state index contributed by atoms with van der Waals surface area (Å²) in [5, 5.41) is 11.1. The van der Waals surface area contributed by atoms with E-state index in [-0.39, 0.29) is 29.4 Å². The smallest absolute Gasteiger partial charge is 0.258 e. The third-order valence-corrected chi connectivity index (χ3v) is 5.02. The first-order chi connectivity index (χ1) is 12.5. The monoisotopic (exact) mass is 369 g/mol. The van der Waals surface area contributed by atoms with Crippen molar-refractivity contribution in [3.8, 4) is 6.07 Å². The minimum Gasteiger partial charge on any atom is -0.324 e. The number of nitrogens with one attached hydrogen (secondary N) is 3. The lowest BCUT2D eigenvalue weighted by Gasteiger charge is -2.07. The van der Waals surface area contributed by atoms with Gasteiger partial charge in [-0.25, -0.2) is 18.1 Å². The van der Waals surface area contributed by atoms with Gasteiger partial charge in [-0.15, -0.1) is 0 Å². The van der Waals surface area contributed by atoms with Crippen LogP contribution in [-0.4, -0.2) is 30.8 Å². The second-order valence-electron chi connectivity index (χ2n) is 5.39. The van der Waals surface area contributed by atoms with E-state index in [1.165, 1.54) is 24.3 Å². The molecule has 3 N–H and O–H groups in total. The van der Waals surface area contributed by atoms with Gasteiger partial charge in [-0.2, -0.15) is 5.26 Å². The number of imidazole rings is 1. The van der Waals surface area contributed by atoms with Crippen LogP contribution in [0.15, 0.2) is 53.4 Å². The number of aromatic amines is 1. The maximum Gasteiger partial charge on any atom is 0.258 e. The van der Waals surface area contributed by atoms with Gasteiger partial charge in [-0.1, -0.05) is 18.2 Å². The fraction of sp³-hybridized carbons (Fsp3) is 0.118. The highest BCUT2D eigenvalue weighted by atomic mass is 32.2. The molecule has 132 valence electrons. The Hall–Kier alpha value is -3.22. The van der Waals surface area contributed by atoms with Gasteiger partial charge in [0.2, 0.25) is 16.0 Å². The number of para-hydroxylation sites is 2. The number of rotatable bonds is 6. The lowest BCUT2D eigenvalue weighted by atomic mass is 10.2. The molecule has 8 nitrogen and oxygen atoms in total. The molecule has 1 amide bonds. The molecule has 0 spiro atoms. The maximum atomic E-state index is 12.4. The zero-order valence-electron chi connectivity index (χ0n) is 13.6. The van der Waals surface area contributed by atoms with Gasteiger partial charge >= 0.3 is 0 Å². The van der Waals surface area contributed by atoms with Crippen LogP contribution in [0.5, 0.6) is 0 Å². The molecule has 0 aliphatic heterocycles. The number of amides is 1. The van der Waals surface area contributed by atoms with Crippen molar-refractivity contribution in [1.82, 2.24) is 14.7 Å². The molecule has 0 fully saturated rings. The van der Waals surface area contributed by atoms with Gasteiger partial charge in [0.05, 0.1) is 22.0 Å². The van der Waals surface area contributed by atoms with Gasteiger partial charge in [0.15, 0.2) is 0 Å². The van der Waals surface area contributed by atoms with E-state index in [2.05, 4.69) is 20.0 Å². The average Bonchev–Trinajstić information content (AvgIpc) is 3.04. The molecule has 3 rings (SSSR count). The van der Waals surface area contributed by atoms with E-state index in [1.54, 1.807) is 0 Å². The van der Waals surface area contributed by atoms with E-state index < -0.39 is 15.9 Å². The zero-order chi connectivity index (χ0) is 18.6. The summed E-state index contributed by atoms with van der Waals surface area (Å²) in [7, 11) is -3.79. The van der Waals surface area contributed by atoms with E-state index in [9.17, 15) is 13.2 Å². The largest absolute Gasteiger partial charge is 0.324 e. The van der Waals surface area contributed by atoms with Crippen LogP contribution in [0.3, 0.4) is 0 Å². The van der Waals surface area contributed by atoms with Crippen molar-refractivity contribution in [1.29, 1.82) is 5.26 Å². The maximum absolute atomic E-state index is 12.4. The summed E-state index contributed by atoms with van der Waals surface area (Å²) in [5.41, 5.74) is 1.66. The lowest BCUT2D eigenvalue weighted by molar-refractivity contribution is 0.102. The topological polar surface area (TPSA) is 128 Å². The number of carbonyl (C=O) groups is 1. The van der Waals surface area contributed by atoms with Crippen LogP contribution >= 0.6 is 0 Å². The van der Waals surface area contributed by atoms with Crippen molar-refractivity contribution in [2.24, 2.45) is 0 Å². The molecule has 0 aliphatic carbocycles. The molecule has 2 aromatic carbocycles. The Morgan fingerprint density at radius 2 is 2.00 bits per heavy atom. The minimum atomic E-state index is -3.79. The second-order valence-corrected chi connectivity index (χ2v) is 7.16. The van der Waals surface area contributed by atoms with Crippen molar-refractivity contribution in [2.45, 2.75) is 11.3 Å². The van der Waals surface area contributed by atoms with Crippen LogP contribution in [0, 0.1) is 11.3 Å². The van der Waals surface area contributed by atoms with Crippen LogP contribution in [0.2, 0.25) is 0 Å². The van der Waals surface area contributed by atoms with Gasteiger partial charge in [0.1, 0.15) is 0 Å². The summed E-state index contributed by atoms with van der Waals surface area (Å²) >= 11 is 0. The molecule has 1 aromatic heterocycles. The van der Waals surface area contributed by atoms with Crippen LogP contribution < -0.4 is 10.0 Å². The molecular formula is C17H15N5O3S. The van der Waals surface area contributed by atoms with Gasteiger partial charge in [-0.3, -0.25) is 10.1 Å². The average molecular weight is 369 g/mol. The first-order valence-corrected chi connectivity index (χ1v) is 9.21. The van der Waals surface area contributed by atoms with Crippen LogP contribution in [0.25, 0.3) is 11.0 Å². The van der Waals surface area contributed by atoms with Crippen molar-refractivity contribution in [2.75, 3.05) is 11.9 Å². The first kappa shape index (κ1) is 17.6. The number of hydrogen-bond donors (Lipinski definition) is 3. The second kappa shape index (κ2) is 7.35. The third-order valence-electron chi connectivity index (χ3n) is 3.56. The Morgan fingerprint density at radius 1 is 1.19 bits per heavy atom. The van der Waals surface area contributed by atoms with Crippen LogP contribution in [0.4, 0.5) is 5.95 Å². The van der Waals surface area contributed by atoms with E-state index >= 15 is 0 Å². The summed E-state index contributed by atoms with van der Waals surface area (Å²) < 4.78 is 26.7.